The molecule has 4 heteroatoms. The lowest BCUT2D eigenvalue weighted by molar-refractivity contribution is 0.464. The first-order chi connectivity index (χ1) is 7.75. The molecule has 0 radical (unpaired) electrons. The molecule has 0 saturated carbocycles. The van der Waals surface area contributed by atoms with Gasteiger partial charge in [-0.2, -0.15) is 0 Å². The Bertz CT molecular complexity index is 456. The maximum absolute atomic E-state index is 9.60. The molecule has 1 aromatic heterocycles. The Labute approximate surface area is 104 Å². The van der Waals surface area contributed by atoms with E-state index in [2.05, 4.69) is 11.4 Å². The van der Waals surface area contributed by atoms with Gasteiger partial charge in [-0.25, -0.2) is 0 Å². The molecular formula is C12H12ClNOS. The van der Waals surface area contributed by atoms with Crippen LogP contribution in [-0.2, 0) is 13.1 Å². The standard InChI is InChI=1S/C12H12ClNOS/c13-10-3-4-12(15)9(6-10)7-14-8-11-2-1-5-16-11/h1-6,14-15H,7-8H2. The highest BCUT2D eigenvalue weighted by molar-refractivity contribution is 7.09. The van der Waals surface area contributed by atoms with Crippen molar-refractivity contribution in [1.29, 1.82) is 0 Å². The van der Waals surface area contributed by atoms with E-state index in [4.69, 9.17) is 11.6 Å². The minimum Gasteiger partial charge on any atom is -0.508 e. The number of aromatic hydroxyl groups is 1. The summed E-state index contributed by atoms with van der Waals surface area (Å²) < 4.78 is 0. The van der Waals surface area contributed by atoms with Gasteiger partial charge in [-0.05, 0) is 29.6 Å². The third-order valence-corrected chi connectivity index (χ3v) is 3.35. The average Bonchev–Trinajstić information content (AvgIpc) is 2.76. The fourth-order valence-corrected chi connectivity index (χ4v) is 2.30. The van der Waals surface area contributed by atoms with Gasteiger partial charge < -0.3 is 10.4 Å². The Morgan fingerprint density at radius 3 is 2.88 bits per heavy atom. The van der Waals surface area contributed by atoms with Crippen LogP contribution in [0.25, 0.3) is 0 Å². The molecule has 0 aliphatic heterocycles. The summed E-state index contributed by atoms with van der Waals surface area (Å²) in [5.41, 5.74) is 0.823. The Kier molecular flexibility index (Phi) is 3.83. The minimum absolute atomic E-state index is 0.281. The van der Waals surface area contributed by atoms with Crippen LogP contribution in [0.5, 0.6) is 5.75 Å². The number of benzene rings is 1. The monoisotopic (exact) mass is 253 g/mol. The zero-order chi connectivity index (χ0) is 11.4. The van der Waals surface area contributed by atoms with Crippen molar-refractivity contribution in [3.63, 3.8) is 0 Å². The van der Waals surface area contributed by atoms with Crippen molar-refractivity contribution in [2.45, 2.75) is 13.1 Å². The summed E-state index contributed by atoms with van der Waals surface area (Å²) >= 11 is 7.57. The predicted molar refractivity (Wildman–Crippen MR) is 68.0 cm³/mol. The van der Waals surface area contributed by atoms with Crippen molar-refractivity contribution in [2.24, 2.45) is 0 Å². The quantitative estimate of drug-likeness (QED) is 0.875. The van der Waals surface area contributed by atoms with E-state index in [-0.39, 0.29) is 5.75 Å². The summed E-state index contributed by atoms with van der Waals surface area (Å²) in [6.07, 6.45) is 0. The molecule has 0 unspecified atom stereocenters. The molecule has 0 bridgehead atoms. The van der Waals surface area contributed by atoms with Crippen molar-refractivity contribution < 1.29 is 5.11 Å². The Hall–Kier alpha value is -1.03. The Balaban J connectivity index is 1.92. The first-order valence-corrected chi connectivity index (χ1v) is 6.22. The van der Waals surface area contributed by atoms with Crippen LogP contribution in [-0.4, -0.2) is 5.11 Å². The molecule has 0 amide bonds. The van der Waals surface area contributed by atoms with Gasteiger partial charge in [0.05, 0.1) is 0 Å². The van der Waals surface area contributed by atoms with Gasteiger partial charge >= 0.3 is 0 Å². The van der Waals surface area contributed by atoms with Crippen LogP contribution in [0.15, 0.2) is 35.7 Å². The molecule has 0 aliphatic rings. The van der Waals surface area contributed by atoms with Crippen molar-refractivity contribution >= 4 is 22.9 Å². The molecule has 2 rings (SSSR count). The van der Waals surface area contributed by atoms with Crippen LogP contribution in [0, 0.1) is 0 Å². The topological polar surface area (TPSA) is 32.3 Å². The van der Waals surface area contributed by atoms with E-state index < -0.39 is 0 Å². The van der Waals surface area contributed by atoms with E-state index in [1.54, 1.807) is 29.5 Å². The second kappa shape index (κ2) is 5.34. The van der Waals surface area contributed by atoms with Gasteiger partial charge in [0.1, 0.15) is 5.75 Å². The smallest absolute Gasteiger partial charge is 0.120 e. The van der Waals surface area contributed by atoms with Gasteiger partial charge in [0.2, 0.25) is 0 Å². The first-order valence-electron chi connectivity index (χ1n) is 4.96. The SMILES string of the molecule is Oc1ccc(Cl)cc1CNCc1cccs1. The molecule has 1 aromatic carbocycles. The fraction of sp³-hybridized carbons (Fsp3) is 0.167. The highest BCUT2D eigenvalue weighted by Crippen LogP contribution is 2.21. The molecule has 2 N–H and O–H groups in total. The van der Waals surface area contributed by atoms with Crippen LogP contribution in [0.4, 0.5) is 0 Å². The summed E-state index contributed by atoms with van der Waals surface area (Å²) in [5.74, 6) is 0.281. The second-order valence-corrected chi connectivity index (χ2v) is 4.92. The lowest BCUT2D eigenvalue weighted by atomic mass is 10.2. The average molecular weight is 254 g/mol. The van der Waals surface area contributed by atoms with Gasteiger partial charge in [-0.1, -0.05) is 17.7 Å². The number of phenolic OH excluding ortho intramolecular Hbond substituents is 1. The molecular weight excluding hydrogens is 242 g/mol. The molecule has 0 spiro atoms. The van der Waals surface area contributed by atoms with Crippen LogP contribution in [0.1, 0.15) is 10.4 Å². The van der Waals surface area contributed by atoms with E-state index in [1.165, 1.54) is 4.88 Å². The molecule has 16 heavy (non-hydrogen) atoms. The van der Waals surface area contributed by atoms with Crippen molar-refractivity contribution in [1.82, 2.24) is 5.32 Å². The van der Waals surface area contributed by atoms with E-state index in [0.717, 1.165) is 12.1 Å². The molecule has 2 nitrogen and oxygen atoms in total. The maximum Gasteiger partial charge on any atom is 0.120 e. The summed E-state index contributed by atoms with van der Waals surface area (Å²) in [4.78, 5) is 1.28. The van der Waals surface area contributed by atoms with Crippen molar-refractivity contribution in [3.05, 3.63) is 51.2 Å². The number of halogens is 1. The van der Waals surface area contributed by atoms with Gasteiger partial charge in [0.15, 0.2) is 0 Å². The van der Waals surface area contributed by atoms with Crippen LogP contribution >= 0.6 is 22.9 Å². The van der Waals surface area contributed by atoms with Crippen molar-refractivity contribution in [2.75, 3.05) is 0 Å². The molecule has 2 aromatic rings. The molecule has 0 aliphatic carbocycles. The minimum atomic E-state index is 0.281. The number of hydrogen-bond acceptors (Lipinski definition) is 3. The normalized spacial score (nSPS) is 10.6. The largest absolute Gasteiger partial charge is 0.508 e. The third kappa shape index (κ3) is 2.98. The summed E-state index contributed by atoms with van der Waals surface area (Å²) in [6, 6.07) is 9.18. The summed E-state index contributed by atoms with van der Waals surface area (Å²) in [7, 11) is 0. The first kappa shape index (κ1) is 11.5. The fourth-order valence-electron chi connectivity index (χ4n) is 1.43. The number of rotatable bonds is 4. The number of nitrogens with one attached hydrogen (secondary N) is 1. The highest BCUT2D eigenvalue weighted by Gasteiger charge is 2.01. The highest BCUT2D eigenvalue weighted by atomic mass is 35.5. The van der Waals surface area contributed by atoms with Gasteiger partial charge in [0, 0.05) is 28.6 Å². The molecule has 0 fully saturated rings. The van der Waals surface area contributed by atoms with Gasteiger partial charge in [-0.15, -0.1) is 11.3 Å². The molecule has 0 atom stereocenters. The zero-order valence-corrected chi connectivity index (χ0v) is 10.2. The molecule has 1 heterocycles. The lowest BCUT2D eigenvalue weighted by Gasteiger charge is -2.06. The van der Waals surface area contributed by atoms with Crippen LogP contribution in [0.3, 0.4) is 0 Å². The maximum atomic E-state index is 9.60. The second-order valence-electron chi connectivity index (χ2n) is 3.46. The lowest BCUT2D eigenvalue weighted by Crippen LogP contribution is -2.11. The van der Waals surface area contributed by atoms with Crippen LogP contribution in [0.2, 0.25) is 5.02 Å². The van der Waals surface area contributed by atoms with E-state index in [1.807, 2.05) is 11.4 Å². The summed E-state index contributed by atoms with van der Waals surface area (Å²) in [6.45, 7) is 1.42. The number of hydrogen-bond donors (Lipinski definition) is 2. The number of phenols is 1. The third-order valence-electron chi connectivity index (χ3n) is 2.24. The van der Waals surface area contributed by atoms with E-state index >= 15 is 0 Å². The van der Waals surface area contributed by atoms with Gasteiger partial charge in [0.25, 0.3) is 0 Å². The zero-order valence-electron chi connectivity index (χ0n) is 8.61. The van der Waals surface area contributed by atoms with E-state index in [9.17, 15) is 5.11 Å². The molecule has 84 valence electrons. The Morgan fingerprint density at radius 2 is 2.12 bits per heavy atom. The van der Waals surface area contributed by atoms with Crippen molar-refractivity contribution in [3.8, 4) is 5.75 Å². The van der Waals surface area contributed by atoms with E-state index in [0.29, 0.717) is 11.6 Å². The molecule has 0 saturated heterocycles. The predicted octanol–water partition coefficient (Wildman–Crippen LogP) is 3.40. The Morgan fingerprint density at radius 1 is 1.25 bits per heavy atom. The van der Waals surface area contributed by atoms with Gasteiger partial charge in [-0.3, -0.25) is 0 Å². The number of thiophene rings is 1. The summed E-state index contributed by atoms with van der Waals surface area (Å²) in [5, 5.41) is 15.6. The van der Waals surface area contributed by atoms with Crippen LogP contribution < -0.4 is 5.32 Å².